The number of nitrogens with zero attached hydrogens (tertiary/aromatic N) is 1. The van der Waals surface area contributed by atoms with Gasteiger partial charge in [-0.1, -0.05) is 19.3 Å². The molecule has 2 aliphatic heterocycles. The quantitative estimate of drug-likeness (QED) is 0.847. The van der Waals surface area contributed by atoms with Gasteiger partial charge in [-0.2, -0.15) is 11.8 Å². The Kier molecular flexibility index (Phi) is 3.73. The summed E-state index contributed by atoms with van der Waals surface area (Å²) < 4.78 is 0.142. The van der Waals surface area contributed by atoms with Gasteiger partial charge in [-0.3, -0.25) is 9.59 Å². The highest BCUT2D eigenvalue weighted by Crippen LogP contribution is 2.40. The number of amides is 2. The average Bonchev–Trinajstić information content (AvgIpc) is 2.83. The largest absolute Gasteiger partial charge is 0.340 e. The van der Waals surface area contributed by atoms with Crippen LogP contribution in [0, 0.1) is 0 Å². The van der Waals surface area contributed by atoms with Crippen molar-refractivity contribution in [2.24, 2.45) is 0 Å². The van der Waals surface area contributed by atoms with Gasteiger partial charge in [-0.25, -0.2) is 0 Å². The summed E-state index contributed by atoms with van der Waals surface area (Å²) in [6.45, 7) is 3.21. The number of piperazine rings is 1. The van der Waals surface area contributed by atoms with Crippen LogP contribution in [0.2, 0.25) is 0 Å². The molecule has 1 N–H and O–H groups in total. The molecule has 1 unspecified atom stereocenters. The fourth-order valence-corrected chi connectivity index (χ4v) is 5.21. The molecule has 0 radical (unpaired) electrons. The van der Waals surface area contributed by atoms with Gasteiger partial charge in [-0.15, -0.1) is 0 Å². The zero-order valence-electron chi connectivity index (χ0n) is 12.2. The highest BCUT2D eigenvalue weighted by molar-refractivity contribution is 8.00. The van der Waals surface area contributed by atoms with E-state index in [0.29, 0.717) is 0 Å². The Morgan fingerprint density at radius 3 is 2.55 bits per heavy atom. The van der Waals surface area contributed by atoms with Crippen molar-refractivity contribution in [3.63, 3.8) is 0 Å². The minimum Gasteiger partial charge on any atom is -0.340 e. The number of carbonyl (C=O) groups is 2. The first kappa shape index (κ1) is 14.2. The SMILES string of the molecule is CC1(CN2CC(=O)NC3(CCCCC3)C2=O)CCCS1. The van der Waals surface area contributed by atoms with Crippen LogP contribution < -0.4 is 5.32 Å². The molecule has 0 aromatic heterocycles. The van der Waals surface area contributed by atoms with Gasteiger partial charge in [0.15, 0.2) is 0 Å². The molecule has 0 aromatic carbocycles. The standard InChI is InChI=1S/C15H24N2O2S/c1-14(6-5-9-20-14)11-17-10-12(18)16-15(13(17)19)7-3-2-4-8-15/h2-11H2,1H3,(H,16,18). The summed E-state index contributed by atoms with van der Waals surface area (Å²) in [6.07, 6.45) is 7.28. The second-order valence-electron chi connectivity index (χ2n) is 6.75. The van der Waals surface area contributed by atoms with E-state index in [9.17, 15) is 9.59 Å². The van der Waals surface area contributed by atoms with Crippen molar-refractivity contribution in [3.05, 3.63) is 0 Å². The van der Waals surface area contributed by atoms with Gasteiger partial charge < -0.3 is 10.2 Å². The van der Waals surface area contributed by atoms with Gasteiger partial charge >= 0.3 is 0 Å². The van der Waals surface area contributed by atoms with Crippen LogP contribution in [0.3, 0.4) is 0 Å². The maximum atomic E-state index is 12.9. The summed E-state index contributed by atoms with van der Waals surface area (Å²) >= 11 is 1.95. The van der Waals surface area contributed by atoms with Crippen molar-refractivity contribution < 1.29 is 9.59 Å². The number of hydrogen-bond donors (Lipinski definition) is 1. The van der Waals surface area contributed by atoms with E-state index in [-0.39, 0.29) is 23.1 Å². The van der Waals surface area contributed by atoms with E-state index in [1.807, 2.05) is 16.7 Å². The Balaban J connectivity index is 1.76. The van der Waals surface area contributed by atoms with E-state index in [0.717, 1.165) is 38.6 Å². The van der Waals surface area contributed by atoms with Gasteiger partial charge in [0.1, 0.15) is 5.54 Å². The molecule has 5 heteroatoms. The molecule has 1 saturated carbocycles. The molecule has 4 nitrogen and oxygen atoms in total. The zero-order valence-corrected chi connectivity index (χ0v) is 13.1. The summed E-state index contributed by atoms with van der Waals surface area (Å²) in [7, 11) is 0. The van der Waals surface area contributed by atoms with Crippen molar-refractivity contribution in [1.82, 2.24) is 10.2 Å². The predicted octanol–water partition coefficient (Wildman–Crippen LogP) is 1.93. The fraction of sp³-hybridized carbons (Fsp3) is 0.867. The van der Waals surface area contributed by atoms with Crippen LogP contribution >= 0.6 is 11.8 Å². The van der Waals surface area contributed by atoms with E-state index < -0.39 is 5.54 Å². The van der Waals surface area contributed by atoms with E-state index in [4.69, 9.17) is 0 Å². The van der Waals surface area contributed by atoms with Crippen LogP contribution in [0.1, 0.15) is 51.9 Å². The van der Waals surface area contributed by atoms with Crippen molar-refractivity contribution in [2.45, 2.75) is 62.2 Å². The first-order valence-corrected chi connectivity index (χ1v) is 8.76. The minimum absolute atomic E-state index is 0.0260. The van der Waals surface area contributed by atoms with Crippen molar-refractivity contribution in [3.8, 4) is 0 Å². The van der Waals surface area contributed by atoms with E-state index in [1.54, 1.807) is 0 Å². The Hall–Kier alpha value is -0.710. The van der Waals surface area contributed by atoms with Gasteiger partial charge in [0.25, 0.3) is 0 Å². The summed E-state index contributed by atoms with van der Waals surface area (Å²) in [4.78, 5) is 26.8. The van der Waals surface area contributed by atoms with Gasteiger partial charge in [-0.05, 0) is 38.4 Å². The second-order valence-corrected chi connectivity index (χ2v) is 8.44. The maximum absolute atomic E-state index is 12.9. The lowest BCUT2D eigenvalue weighted by molar-refractivity contribution is -0.151. The molecule has 1 atom stereocenters. The van der Waals surface area contributed by atoms with Crippen LogP contribution in [0.15, 0.2) is 0 Å². The molecule has 0 aromatic rings. The lowest BCUT2D eigenvalue weighted by Gasteiger charge is -2.45. The van der Waals surface area contributed by atoms with Crippen LogP contribution in [0.5, 0.6) is 0 Å². The Morgan fingerprint density at radius 2 is 1.90 bits per heavy atom. The molecule has 1 aliphatic carbocycles. The Bertz CT molecular complexity index is 412. The van der Waals surface area contributed by atoms with Crippen molar-refractivity contribution in [2.75, 3.05) is 18.8 Å². The highest BCUT2D eigenvalue weighted by Gasteiger charge is 2.48. The topological polar surface area (TPSA) is 49.4 Å². The normalized spacial score (nSPS) is 33.5. The predicted molar refractivity (Wildman–Crippen MR) is 80.6 cm³/mol. The number of rotatable bonds is 2. The monoisotopic (exact) mass is 296 g/mol. The van der Waals surface area contributed by atoms with E-state index in [2.05, 4.69) is 12.2 Å². The molecule has 112 valence electrons. The highest BCUT2D eigenvalue weighted by atomic mass is 32.2. The molecule has 1 spiro atoms. The van der Waals surface area contributed by atoms with E-state index >= 15 is 0 Å². The third-order valence-corrected chi connectivity index (χ3v) is 6.47. The first-order valence-electron chi connectivity index (χ1n) is 7.77. The molecule has 20 heavy (non-hydrogen) atoms. The lowest BCUT2D eigenvalue weighted by Crippen LogP contribution is -2.68. The van der Waals surface area contributed by atoms with Gasteiger partial charge in [0.2, 0.25) is 11.8 Å². The number of nitrogens with one attached hydrogen (secondary N) is 1. The molecule has 3 aliphatic rings. The third-order valence-electron chi connectivity index (χ3n) is 4.94. The summed E-state index contributed by atoms with van der Waals surface area (Å²) in [6, 6.07) is 0. The molecule has 2 saturated heterocycles. The summed E-state index contributed by atoms with van der Waals surface area (Å²) in [5.41, 5.74) is -0.576. The smallest absolute Gasteiger partial charge is 0.248 e. The molecular formula is C15H24N2O2S. The third kappa shape index (κ3) is 2.57. The minimum atomic E-state index is -0.576. The van der Waals surface area contributed by atoms with Crippen LogP contribution in [-0.4, -0.2) is 45.8 Å². The molecule has 2 heterocycles. The second kappa shape index (κ2) is 5.24. The molecule has 3 fully saturated rings. The summed E-state index contributed by atoms with van der Waals surface area (Å²) in [5.74, 6) is 1.37. The Morgan fingerprint density at radius 1 is 1.15 bits per heavy atom. The lowest BCUT2D eigenvalue weighted by atomic mass is 9.79. The molecular weight excluding hydrogens is 272 g/mol. The summed E-state index contributed by atoms with van der Waals surface area (Å²) in [5, 5.41) is 3.01. The fourth-order valence-electron chi connectivity index (χ4n) is 3.89. The van der Waals surface area contributed by atoms with Crippen LogP contribution in [0.25, 0.3) is 0 Å². The maximum Gasteiger partial charge on any atom is 0.248 e. The average molecular weight is 296 g/mol. The number of carbonyl (C=O) groups excluding carboxylic acids is 2. The number of thioether (sulfide) groups is 1. The molecule has 3 rings (SSSR count). The Labute approximate surface area is 125 Å². The zero-order chi connectivity index (χ0) is 14.2. The van der Waals surface area contributed by atoms with E-state index in [1.165, 1.54) is 18.6 Å². The van der Waals surface area contributed by atoms with Crippen molar-refractivity contribution in [1.29, 1.82) is 0 Å². The van der Waals surface area contributed by atoms with Crippen LogP contribution in [-0.2, 0) is 9.59 Å². The van der Waals surface area contributed by atoms with Crippen molar-refractivity contribution >= 4 is 23.6 Å². The van der Waals surface area contributed by atoms with Gasteiger partial charge in [0.05, 0.1) is 6.54 Å². The van der Waals surface area contributed by atoms with Gasteiger partial charge in [0, 0.05) is 11.3 Å². The first-order chi connectivity index (χ1) is 9.53. The molecule has 2 amide bonds. The number of hydrogen-bond acceptors (Lipinski definition) is 3. The molecule has 0 bridgehead atoms. The van der Waals surface area contributed by atoms with Crippen LogP contribution in [0.4, 0.5) is 0 Å².